The lowest BCUT2D eigenvalue weighted by molar-refractivity contribution is 0.175. The first-order chi connectivity index (χ1) is 7.79. The van der Waals surface area contributed by atoms with Gasteiger partial charge in [-0.2, -0.15) is 0 Å². The number of hydrogen-bond acceptors (Lipinski definition) is 6. The predicted molar refractivity (Wildman–Crippen MR) is 63.7 cm³/mol. The van der Waals surface area contributed by atoms with Gasteiger partial charge < -0.3 is 9.73 Å². The van der Waals surface area contributed by atoms with Crippen LogP contribution in [0.2, 0.25) is 0 Å². The smallest absolute Gasteiger partial charge is 0.276 e. The van der Waals surface area contributed by atoms with Crippen molar-refractivity contribution in [2.75, 3.05) is 32.4 Å². The molecule has 1 N–H and O–H groups in total. The maximum absolute atomic E-state index is 5.49. The van der Waals surface area contributed by atoms with Crippen LogP contribution in [0, 0.1) is 0 Å². The molecule has 0 spiro atoms. The number of hydrogen-bond donors (Lipinski definition) is 1. The topological polar surface area (TPSA) is 54.2 Å². The van der Waals surface area contributed by atoms with Gasteiger partial charge in [-0.15, -0.1) is 10.2 Å². The van der Waals surface area contributed by atoms with Crippen molar-refractivity contribution in [2.45, 2.75) is 24.6 Å². The summed E-state index contributed by atoms with van der Waals surface area (Å²) in [5.74, 6) is 0.746. The fourth-order valence-electron chi connectivity index (χ4n) is 1.91. The third kappa shape index (κ3) is 2.96. The van der Waals surface area contributed by atoms with Crippen molar-refractivity contribution in [3.8, 4) is 0 Å². The predicted octanol–water partition coefficient (Wildman–Crippen LogP) is 0.628. The zero-order valence-corrected chi connectivity index (χ0v) is 10.6. The van der Waals surface area contributed by atoms with Crippen LogP contribution >= 0.6 is 11.8 Å². The van der Waals surface area contributed by atoms with Crippen LogP contribution in [0.3, 0.4) is 0 Å². The molecule has 0 radical (unpaired) electrons. The molecular formula is C10H18N4OS. The minimum absolute atomic E-state index is 0.470. The summed E-state index contributed by atoms with van der Waals surface area (Å²) in [6, 6.07) is 0.470. The van der Waals surface area contributed by atoms with Crippen LogP contribution in [0.5, 0.6) is 0 Å². The fraction of sp³-hybridized carbons (Fsp3) is 0.800. The number of thioether (sulfide) groups is 1. The van der Waals surface area contributed by atoms with E-state index < -0.39 is 0 Å². The summed E-state index contributed by atoms with van der Waals surface area (Å²) in [7, 11) is 0. The molecule has 1 aromatic rings. The minimum atomic E-state index is 0.470. The molecular weight excluding hydrogens is 224 g/mol. The summed E-state index contributed by atoms with van der Waals surface area (Å²) in [4.78, 5) is 2.46. The molecule has 6 heteroatoms. The van der Waals surface area contributed by atoms with Gasteiger partial charge in [0.25, 0.3) is 5.22 Å². The van der Waals surface area contributed by atoms with Crippen molar-refractivity contribution in [3.05, 3.63) is 5.89 Å². The van der Waals surface area contributed by atoms with Crippen LogP contribution in [0.25, 0.3) is 0 Å². The zero-order valence-electron chi connectivity index (χ0n) is 9.77. The zero-order chi connectivity index (χ0) is 11.4. The van der Waals surface area contributed by atoms with Gasteiger partial charge in [-0.05, 0) is 13.2 Å². The van der Waals surface area contributed by atoms with Crippen molar-refractivity contribution < 1.29 is 4.42 Å². The summed E-state index contributed by atoms with van der Waals surface area (Å²) in [5.41, 5.74) is 0. The molecule has 1 aliphatic heterocycles. The Kier molecular flexibility index (Phi) is 4.20. The Labute approximate surface area is 100.0 Å². The first kappa shape index (κ1) is 11.9. The third-order valence-corrected chi connectivity index (χ3v) is 3.38. The average molecular weight is 242 g/mol. The molecule has 1 aliphatic rings. The number of rotatable bonds is 4. The second-order valence-corrected chi connectivity index (χ2v) is 4.76. The van der Waals surface area contributed by atoms with Gasteiger partial charge in [-0.3, -0.25) is 4.90 Å². The van der Waals surface area contributed by atoms with E-state index in [1.807, 2.05) is 6.26 Å². The highest BCUT2D eigenvalue weighted by Crippen LogP contribution is 2.14. The Morgan fingerprint density at radius 2 is 2.19 bits per heavy atom. The Morgan fingerprint density at radius 1 is 1.44 bits per heavy atom. The van der Waals surface area contributed by atoms with E-state index in [1.54, 1.807) is 0 Å². The van der Waals surface area contributed by atoms with Gasteiger partial charge in [0.05, 0.1) is 0 Å². The Hall–Kier alpha value is -0.590. The van der Waals surface area contributed by atoms with E-state index >= 15 is 0 Å². The maximum Gasteiger partial charge on any atom is 0.276 e. The molecule has 2 heterocycles. The highest BCUT2D eigenvalue weighted by atomic mass is 32.2. The molecule has 1 fully saturated rings. The number of piperazine rings is 1. The van der Waals surface area contributed by atoms with Crippen molar-refractivity contribution in [1.82, 2.24) is 20.4 Å². The first-order valence-corrected chi connectivity index (χ1v) is 6.83. The van der Waals surface area contributed by atoms with Crippen LogP contribution < -0.4 is 5.32 Å². The number of aromatic nitrogens is 2. The van der Waals surface area contributed by atoms with E-state index in [4.69, 9.17) is 4.42 Å². The van der Waals surface area contributed by atoms with Gasteiger partial charge in [0.15, 0.2) is 0 Å². The molecule has 90 valence electrons. The van der Waals surface area contributed by atoms with Crippen molar-refractivity contribution in [2.24, 2.45) is 0 Å². The van der Waals surface area contributed by atoms with E-state index in [-0.39, 0.29) is 0 Å². The van der Waals surface area contributed by atoms with Gasteiger partial charge in [0.1, 0.15) is 0 Å². The van der Waals surface area contributed by atoms with Crippen molar-refractivity contribution in [3.63, 3.8) is 0 Å². The second kappa shape index (κ2) is 5.65. The molecule has 0 saturated carbocycles. The normalized spacial score (nSPS) is 19.9. The van der Waals surface area contributed by atoms with Gasteiger partial charge >= 0.3 is 0 Å². The van der Waals surface area contributed by atoms with Crippen LogP contribution in [-0.4, -0.2) is 53.6 Å². The van der Waals surface area contributed by atoms with Gasteiger partial charge in [0.2, 0.25) is 5.89 Å². The Morgan fingerprint density at radius 3 is 2.81 bits per heavy atom. The Balaban J connectivity index is 1.87. The van der Waals surface area contributed by atoms with Crippen LogP contribution in [0.4, 0.5) is 0 Å². The highest BCUT2D eigenvalue weighted by Gasteiger charge is 2.18. The molecule has 2 rings (SSSR count). The molecule has 1 atom stereocenters. The van der Waals surface area contributed by atoms with Gasteiger partial charge in [-0.1, -0.05) is 11.8 Å². The van der Waals surface area contributed by atoms with Gasteiger partial charge in [0, 0.05) is 38.6 Å². The summed E-state index contributed by atoms with van der Waals surface area (Å²) in [6.45, 7) is 6.57. The Bertz CT molecular complexity index is 324. The van der Waals surface area contributed by atoms with E-state index in [9.17, 15) is 0 Å². The SMILES string of the molecule is CSc1nnc(CC(C)N2CCNCC2)o1. The quantitative estimate of drug-likeness (QED) is 0.782. The molecule has 0 aliphatic carbocycles. The first-order valence-electron chi connectivity index (χ1n) is 5.60. The van der Waals surface area contributed by atoms with Crippen LogP contribution in [-0.2, 0) is 6.42 Å². The summed E-state index contributed by atoms with van der Waals surface area (Å²) in [6.07, 6.45) is 2.78. The molecule has 0 aromatic carbocycles. The molecule has 0 bridgehead atoms. The molecule has 1 saturated heterocycles. The third-order valence-electron chi connectivity index (χ3n) is 2.87. The van der Waals surface area contributed by atoms with Crippen molar-refractivity contribution in [1.29, 1.82) is 0 Å². The van der Waals surface area contributed by atoms with Crippen molar-refractivity contribution >= 4 is 11.8 Å². The summed E-state index contributed by atoms with van der Waals surface area (Å²) >= 11 is 1.49. The maximum atomic E-state index is 5.49. The van der Waals surface area contributed by atoms with E-state index in [2.05, 4.69) is 27.3 Å². The largest absolute Gasteiger partial charge is 0.416 e. The second-order valence-electron chi connectivity index (χ2n) is 4.00. The number of nitrogens with zero attached hydrogens (tertiary/aromatic N) is 3. The highest BCUT2D eigenvalue weighted by molar-refractivity contribution is 7.98. The standard InChI is InChI=1S/C10H18N4OS/c1-8(14-5-3-11-4-6-14)7-9-12-13-10(15-9)16-2/h8,11H,3-7H2,1-2H3. The van der Waals surface area contributed by atoms with E-state index in [0.717, 1.165) is 38.5 Å². The molecule has 16 heavy (non-hydrogen) atoms. The lowest BCUT2D eigenvalue weighted by atomic mass is 10.2. The van der Waals surface area contributed by atoms with Crippen LogP contribution in [0.15, 0.2) is 9.64 Å². The number of nitrogens with one attached hydrogen (secondary N) is 1. The van der Waals surface area contributed by atoms with Crippen LogP contribution in [0.1, 0.15) is 12.8 Å². The summed E-state index contributed by atoms with van der Waals surface area (Å²) < 4.78 is 5.49. The van der Waals surface area contributed by atoms with Gasteiger partial charge in [-0.25, -0.2) is 0 Å². The molecule has 5 nitrogen and oxygen atoms in total. The van der Waals surface area contributed by atoms with E-state index in [0.29, 0.717) is 11.3 Å². The average Bonchev–Trinajstić information content (AvgIpc) is 2.78. The fourth-order valence-corrected chi connectivity index (χ4v) is 2.21. The lowest BCUT2D eigenvalue weighted by Gasteiger charge is -2.32. The molecule has 0 amide bonds. The lowest BCUT2D eigenvalue weighted by Crippen LogP contribution is -2.48. The molecule has 1 aromatic heterocycles. The minimum Gasteiger partial charge on any atom is -0.416 e. The summed E-state index contributed by atoms with van der Waals surface area (Å²) in [5, 5.41) is 12.0. The monoisotopic (exact) mass is 242 g/mol. The van der Waals surface area contributed by atoms with E-state index in [1.165, 1.54) is 11.8 Å². The molecule has 1 unspecified atom stereocenters.